The summed E-state index contributed by atoms with van der Waals surface area (Å²) in [6.07, 6.45) is 3.43. The molecule has 0 aromatic heterocycles. The summed E-state index contributed by atoms with van der Waals surface area (Å²) in [6, 6.07) is 8.40. The number of aliphatic hydroxyl groups is 1. The van der Waals surface area contributed by atoms with Crippen LogP contribution in [0.25, 0.3) is 0 Å². The highest BCUT2D eigenvalue weighted by Crippen LogP contribution is 2.19. The summed E-state index contributed by atoms with van der Waals surface area (Å²) >= 11 is 0. The van der Waals surface area contributed by atoms with E-state index in [1.165, 1.54) is 11.1 Å². The summed E-state index contributed by atoms with van der Waals surface area (Å²) in [5, 5.41) is 13.1. The van der Waals surface area contributed by atoms with Crippen LogP contribution in [0.4, 0.5) is 0 Å². The van der Waals surface area contributed by atoms with Crippen LogP contribution in [-0.4, -0.2) is 36.4 Å². The van der Waals surface area contributed by atoms with Gasteiger partial charge in [0.05, 0.1) is 5.60 Å². The zero-order valence-corrected chi connectivity index (χ0v) is 12.7. The van der Waals surface area contributed by atoms with Gasteiger partial charge in [-0.1, -0.05) is 29.8 Å². The fourth-order valence-corrected chi connectivity index (χ4v) is 2.49. The standard InChI is InChI=1S/C17H25NO3/c1-14-5-7-15(8-6-14)3-2-4-16(19)18-13-17(20)9-11-21-12-10-17/h5-8,20H,2-4,9-13H2,1H3,(H,18,19). The van der Waals surface area contributed by atoms with Crippen LogP contribution in [0.15, 0.2) is 24.3 Å². The third-order valence-electron chi connectivity index (χ3n) is 4.03. The van der Waals surface area contributed by atoms with E-state index >= 15 is 0 Å². The molecule has 1 aromatic rings. The number of ether oxygens (including phenoxy) is 1. The third-order valence-corrected chi connectivity index (χ3v) is 4.03. The second kappa shape index (κ2) is 7.57. The zero-order valence-electron chi connectivity index (χ0n) is 12.7. The molecular weight excluding hydrogens is 266 g/mol. The Kier molecular flexibility index (Phi) is 5.76. The summed E-state index contributed by atoms with van der Waals surface area (Å²) in [7, 11) is 0. The summed E-state index contributed by atoms with van der Waals surface area (Å²) in [5.74, 6) is 0.0158. The van der Waals surface area contributed by atoms with E-state index in [1.807, 2.05) is 0 Å². The number of hydrogen-bond acceptors (Lipinski definition) is 3. The Hall–Kier alpha value is -1.39. The number of rotatable bonds is 6. The number of carbonyl (C=O) groups is 1. The van der Waals surface area contributed by atoms with Crippen LogP contribution in [0, 0.1) is 6.92 Å². The largest absolute Gasteiger partial charge is 0.388 e. The number of amides is 1. The van der Waals surface area contributed by atoms with Gasteiger partial charge < -0.3 is 15.2 Å². The first kappa shape index (κ1) is 16.0. The maximum absolute atomic E-state index is 11.8. The van der Waals surface area contributed by atoms with Crippen molar-refractivity contribution in [2.45, 2.75) is 44.6 Å². The first-order chi connectivity index (χ1) is 10.1. The summed E-state index contributed by atoms with van der Waals surface area (Å²) in [6.45, 7) is 3.54. The quantitative estimate of drug-likeness (QED) is 0.842. The fourth-order valence-electron chi connectivity index (χ4n) is 2.49. The molecule has 4 heteroatoms. The van der Waals surface area contributed by atoms with E-state index in [0.29, 0.717) is 39.0 Å². The Labute approximate surface area is 126 Å². The highest BCUT2D eigenvalue weighted by molar-refractivity contribution is 5.75. The Balaban J connectivity index is 1.64. The molecule has 0 atom stereocenters. The molecule has 0 saturated carbocycles. The third kappa shape index (κ3) is 5.48. The van der Waals surface area contributed by atoms with Crippen LogP contribution in [0.3, 0.4) is 0 Å². The van der Waals surface area contributed by atoms with Crippen molar-refractivity contribution in [1.82, 2.24) is 5.32 Å². The molecule has 0 bridgehead atoms. The Morgan fingerprint density at radius 3 is 2.62 bits per heavy atom. The molecule has 0 aliphatic carbocycles. The number of aryl methyl sites for hydroxylation is 2. The summed E-state index contributed by atoms with van der Waals surface area (Å²) in [4.78, 5) is 11.8. The molecule has 116 valence electrons. The van der Waals surface area contributed by atoms with E-state index < -0.39 is 5.60 Å². The fraction of sp³-hybridized carbons (Fsp3) is 0.588. The number of carbonyl (C=O) groups excluding carboxylic acids is 1. The van der Waals surface area contributed by atoms with Gasteiger partial charge in [0.15, 0.2) is 0 Å². The van der Waals surface area contributed by atoms with Gasteiger partial charge in [-0.05, 0) is 25.3 Å². The second-order valence-electron chi connectivity index (χ2n) is 5.95. The molecule has 1 amide bonds. The predicted octanol–water partition coefficient (Wildman–Crippen LogP) is 1.98. The molecule has 0 unspecified atom stereocenters. The lowest BCUT2D eigenvalue weighted by Crippen LogP contribution is -2.46. The van der Waals surface area contributed by atoms with Gasteiger partial charge >= 0.3 is 0 Å². The molecule has 2 rings (SSSR count). The van der Waals surface area contributed by atoms with Gasteiger partial charge in [-0.15, -0.1) is 0 Å². The lowest BCUT2D eigenvalue weighted by atomic mass is 9.94. The van der Waals surface area contributed by atoms with E-state index in [1.54, 1.807) is 0 Å². The van der Waals surface area contributed by atoms with Crippen molar-refractivity contribution in [3.05, 3.63) is 35.4 Å². The molecule has 0 radical (unpaired) electrons. The van der Waals surface area contributed by atoms with E-state index in [4.69, 9.17) is 4.74 Å². The van der Waals surface area contributed by atoms with Gasteiger partial charge in [0.1, 0.15) is 0 Å². The molecule has 2 N–H and O–H groups in total. The van der Waals surface area contributed by atoms with Crippen LogP contribution in [0.1, 0.15) is 36.8 Å². The van der Waals surface area contributed by atoms with Gasteiger partial charge in [0.25, 0.3) is 0 Å². The van der Waals surface area contributed by atoms with Crippen molar-refractivity contribution in [1.29, 1.82) is 0 Å². The monoisotopic (exact) mass is 291 g/mol. The van der Waals surface area contributed by atoms with Crippen molar-refractivity contribution in [2.75, 3.05) is 19.8 Å². The van der Waals surface area contributed by atoms with Crippen LogP contribution in [0.5, 0.6) is 0 Å². The predicted molar refractivity (Wildman–Crippen MR) is 82.1 cm³/mol. The number of benzene rings is 1. The first-order valence-electron chi connectivity index (χ1n) is 7.70. The molecule has 0 spiro atoms. The lowest BCUT2D eigenvalue weighted by molar-refractivity contribution is -0.124. The van der Waals surface area contributed by atoms with Crippen LogP contribution in [-0.2, 0) is 16.0 Å². The van der Waals surface area contributed by atoms with Gasteiger partial charge in [0, 0.05) is 39.0 Å². The van der Waals surface area contributed by atoms with Crippen molar-refractivity contribution < 1.29 is 14.6 Å². The average Bonchev–Trinajstić information content (AvgIpc) is 2.48. The Morgan fingerprint density at radius 1 is 1.29 bits per heavy atom. The molecule has 1 heterocycles. The zero-order chi connectivity index (χ0) is 15.1. The van der Waals surface area contributed by atoms with E-state index in [0.717, 1.165) is 12.8 Å². The van der Waals surface area contributed by atoms with Gasteiger partial charge in [-0.2, -0.15) is 0 Å². The van der Waals surface area contributed by atoms with Crippen LogP contribution in [0.2, 0.25) is 0 Å². The highest BCUT2D eigenvalue weighted by Gasteiger charge is 2.29. The molecule has 4 nitrogen and oxygen atoms in total. The van der Waals surface area contributed by atoms with Crippen molar-refractivity contribution in [3.63, 3.8) is 0 Å². The minimum atomic E-state index is -0.787. The minimum Gasteiger partial charge on any atom is -0.388 e. The number of hydrogen-bond donors (Lipinski definition) is 2. The van der Waals surface area contributed by atoms with Crippen molar-refractivity contribution in [2.24, 2.45) is 0 Å². The average molecular weight is 291 g/mol. The minimum absolute atomic E-state index is 0.0158. The SMILES string of the molecule is Cc1ccc(CCCC(=O)NCC2(O)CCOCC2)cc1. The topological polar surface area (TPSA) is 58.6 Å². The van der Waals surface area contributed by atoms with Crippen LogP contribution >= 0.6 is 0 Å². The maximum Gasteiger partial charge on any atom is 0.220 e. The van der Waals surface area contributed by atoms with E-state index in [-0.39, 0.29) is 5.91 Å². The molecule has 1 aliphatic heterocycles. The molecule has 1 fully saturated rings. The van der Waals surface area contributed by atoms with E-state index in [9.17, 15) is 9.90 Å². The molecule has 1 saturated heterocycles. The maximum atomic E-state index is 11.8. The lowest BCUT2D eigenvalue weighted by Gasteiger charge is -2.32. The molecule has 1 aromatic carbocycles. The second-order valence-corrected chi connectivity index (χ2v) is 5.95. The Bertz CT molecular complexity index is 450. The van der Waals surface area contributed by atoms with Gasteiger partial charge in [-0.25, -0.2) is 0 Å². The Morgan fingerprint density at radius 2 is 1.95 bits per heavy atom. The van der Waals surface area contributed by atoms with Crippen molar-refractivity contribution >= 4 is 5.91 Å². The smallest absolute Gasteiger partial charge is 0.220 e. The van der Waals surface area contributed by atoms with Crippen LogP contribution < -0.4 is 5.32 Å². The van der Waals surface area contributed by atoms with Crippen molar-refractivity contribution in [3.8, 4) is 0 Å². The molecular formula is C17H25NO3. The van der Waals surface area contributed by atoms with Gasteiger partial charge in [0.2, 0.25) is 5.91 Å². The van der Waals surface area contributed by atoms with E-state index in [2.05, 4.69) is 36.5 Å². The molecule has 1 aliphatic rings. The van der Waals surface area contributed by atoms with Gasteiger partial charge in [-0.3, -0.25) is 4.79 Å². The first-order valence-corrected chi connectivity index (χ1v) is 7.70. The summed E-state index contributed by atoms with van der Waals surface area (Å²) in [5.41, 5.74) is 1.72. The normalized spacial score (nSPS) is 17.4. The highest BCUT2D eigenvalue weighted by atomic mass is 16.5. The number of nitrogens with one attached hydrogen (secondary N) is 1. The summed E-state index contributed by atoms with van der Waals surface area (Å²) < 4.78 is 5.22. The molecule has 21 heavy (non-hydrogen) atoms.